The first-order valence-electron chi connectivity index (χ1n) is 12.6. The highest BCUT2D eigenvalue weighted by Gasteiger charge is 2.31. The lowest BCUT2D eigenvalue weighted by atomic mass is 10.0. The Balaban J connectivity index is 1.89. The molecule has 2 aromatic heterocycles. The first kappa shape index (κ1) is 28.1. The molecule has 0 spiro atoms. The lowest BCUT2D eigenvalue weighted by molar-refractivity contribution is 0.406. The highest BCUT2D eigenvalue weighted by Crippen LogP contribution is 2.31. The van der Waals surface area contributed by atoms with E-state index in [2.05, 4.69) is 9.97 Å². The third-order valence-corrected chi connectivity index (χ3v) is 8.40. The molecule has 0 fully saturated rings. The zero-order valence-electron chi connectivity index (χ0n) is 21.9. The van der Waals surface area contributed by atoms with Gasteiger partial charge in [-0.3, -0.25) is 14.3 Å². The largest absolute Gasteiger partial charge is 0.492 e. The number of sulfone groups is 1. The van der Waals surface area contributed by atoms with Gasteiger partial charge >= 0.3 is 0 Å². The van der Waals surface area contributed by atoms with Crippen LogP contribution in [0.1, 0.15) is 56.1 Å². The van der Waals surface area contributed by atoms with Gasteiger partial charge in [-0.05, 0) is 72.4 Å². The molecule has 0 saturated carbocycles. The summed E-state index contributed by atoms with van der Waals surface area (Å²) in [5, 5.41) is 10.7. The van der Waals surface area contributed by atoms with Crippen molar-refractivity contribution >= 4 is 9.84 Å². The fraction of sp³-hybridized carbons (Fsp3) is 0.276. The second kappa shape index (κ2) is 11.4. The lowest BCUT2D eigenvalue weighted by Gasteiger charge is -2.23. The number of aromatic hydroxyl groups is 1. The molecule has 4 aromatic rings. The van der Waals surface area contributed by atoms with Gasteiger partial charge in [0.2, 0.25) is 15.7 Å². The van der Waals surface area contributed by atoms with E-state index in [-0.39, 0.29) is 29.1 Å². The SMILES string of the molecule is CCCCc1nc(O)c(S(=O)(=O)c2ccc(-c3ccncc3C)cc2)c(=O)n1[C@@H](CC)c1cc(F)cc(F)c1. The fourth-order valence-electron chi connectivity index (χ4n) is 4.68. The number of aromatic nitrogens is 3. The van der Waals surface area contributed by atoms with E-state index >= 15 is 0 Å². The van der Waals surface area contributed by atoms with Crippen LogP contribution in [0, 0.1) is 18.6 Å². The molecule has 0 radical (unpaired) electrons. The Morgan fingerprint density at radius 3 is 2.28 bits per heavy atom. The first-order valence-corrected chi connectivity index (χ1v) is 14.1. The smallest absolute Gasteiger partial charge is 0.277 e. The van der Waals surface area contributed by atoms with Crippen molar-refractivity contribution in [3.8, 4) is 17.0 Å². The summed E-state index contributed by atoms with van der Waals surface area (Å²) in [6.07, 6.45) is 5.14. The first-order chi connectivity index (χ1) is 18.6. The Labute approximate surface area is 225 Å². The molecule has 0 amide bonds. The lowest BCUT2D eigenvalue weighted by Crippen LogP contribution is -2.33. The van der Waals surface area contributed by atoms with Gasteiger partial charge in [0, 0.05) is 24.9 Å². The Kier molecular flexibility index (Phi) is 8.25. The summed E-state index contributed by atoms with van der Waals surface area (Å²) in [6, 6.07) is 9.77. The molecule has 2 heterocycles. The molecule has 4 rings (SSSR count). The summed E-state index contributed by atoms with van der Waals surface area (Å²) in [6.45, 7) is 5.52. The van der Waals surface area contributed by atoms with Crippen LogP contribution < -0.4 is 5.56 Å². The van der Waals surface area contributed by atoms with Crippen LogP contribution in [0.15, 0.2) is 75.5 Å². The zero-order chi connectivity index (χ0) is 28.3. The third kappa shape index (κ3) is 5.61. The number of pyridine rings is 1. The number of benzene rings is 2. The van der Waals surface area contributed by atoms with Crippen LogP contribution in [0.25, 0.3) is 11.1 Å². The van der Waals surface area contributed by atoms with Gasteiger partial charge in [-0.2, -0.15) is 4.98 Å². The van der Waals surface area contributed by atoms with E-state index in [1.807, 2.05) is 19.9 Å². The van der Waals surface area contributed by atoms with Gasteiger partial charge in [-0.15, -0.1) is 0 Å². The van der Waals surface area contributed by atoms with Crippen LogP contribution in [0.3, 0.4) is 0 Å². The van der Waals surface area contributed by atoms with E-state index in [0.717, 1.165) is 45.9 Å². The van der Waals surface area contributed by atoms with E-state index in [9.17, 15) is 27.1 Å². The monoisotopic (exact) mass is 553 g/mol. The summed E-state index contributed by atoms with van der Waals surface area (Å²) >= 11 is 0. The standard InChI is InChI=1S/C29H29F2N3O4S/c1-4-6-7-26-33-28(35)27(29(36)34(26)25(5-2)20-14-21(30)16-22(31)15-20)39(37,38)23-10-8-19(9-11-23)24-12-13-32-17-18(24)3/h8-17,25,35H,4-7H2,1-3H3/t25-/m0/s1. The van der Waals surface area contributed by atoms with Crippen LogP contribution in [0.4, 0.5) is 8.78 Å². The highest BCUT2D eigenvalue weighted by atomic mass is 32.2. The average Bonchev–Trinajstić information content (AvgIpc) is 2.89. The summed E-state index contributed by atoms with van der Waals surface area (Å²) in [5.74, 6) is -2.42. The molecular weight excluding hydrogens is 524 g/mol. The average molecular weight is 554 g/mol. The number of aryl methyl sites for hydroxylation is 2. The van der Waals surface area contributed by atoms with Crippen LogP contribution in [0.2, 0.25) is 0 Å². The minimum atomic E-state index is -4.52. The Hall–Kier alpha value is -3.92. The van der Waals surface area contributed by atoms with Gasteiger partial charge in [0.25, 0.3) is 5.56 Å². The number of nitrogens with zero attached hydrogens (tertiary/aromatic N) is 3. The molecule has 10 heteroatoms. The minimum absolute atomic E-state index is 0.137. The van der Waals surface area contributed by atoms with E-state index in [1.165, 1.54) is 12.1 Å². The fourth-order valence-corrected chi connectivity index (χ4v) is 6.02. The normalized spacial score (nSPS) is 12.4. The Morgan fingerprint density at radius 1 is 1.03 bits per heavy atom. The molecule has 7 nitrogen and oxygen atoms in total. The molecule has 204 valence electrons. The van der Waals surface area contributed by atoms with Gasteiger partial charge in [0.05, 0.1) is 10.9 Å². The third-order valence-electron chi connectivity index (χ3n) is 6.62. The van der Waals surface area contributed by atoms with Crippen LogP contribution in [-0.2, 0) is 16.3 Å². The van der Waals surface area contributed by atoms with Crippen LogP contribution in [0.5, 0.6) is 5.88 Å². The van der Waals surface area contributed by atoms with Gasteiger partial charge in [0.1, 0.15) is 17.5 Å². The maximum atomic E-state index is 14.1. The molecule has 0 aliphatic rings. The maximum Gasteiger partial charge on any atom is 0.277 e. The minimum Gasteiger partial charge on any atom is -0.492 e. The number of hydrogen-bond acceptors (Lipinski definition) is 6. The second-order valence-electron chi connectivity index (χ2n) is 9.30. The Morgan fingerprint density at radius 2 is 1.69 bits per heavy atom. The highest BCUT2D eigenvalue weighted by molar-refractivity contribution is 7.91. The number of halogens is 2. The predicted octanol–water partition coefficient (Wildman–Crippen LogP) is 5.77. The number of hydrogen-bond donors (Lipinski definition) is 1. The van der Waals surface area contributed by atoms with Gasteiger partial charge in [-0.25, -0.2) is 17.2 Å². The molecule has 1 atom stereocenters. The van der Waals surface area contributed by atoms with E-state index in [4.69, 9.17) is 0 Å². The summed E-state index contributed by atoms with van der Waals surface area (Å²) in [5.41, 5.74) is 1.68. The summed E-state index contributed by atoms with van der Waals surface area (Å²) in [4.78, 5) is 21.0. The number of rotatable bonds is 9. The summed E-state index contributed by atoms with van der Waals surface area (Å²) < 4.78 is 56.7. The van der Waals surface area contributed by atoms with Crippen molar-refractivity contribution in [1.29, 1.82) is 0 Å². The topological polar surface area (TPSA) is 102 Å². The zero-order valence-corrected chi connectivity index (χ0v) is 22.7. The molecule has 0 aliphatic heterocycles. The predicted molar refractivity (Wildman–Crippen MR) is 143 cm³/mol. The summed E-state index contributed by atoms with van der Waals surface area (Å²) in [7, 11) is -4.52. The van der Waals surface area contributed by atoms with Gasteiger partial charge in [0.15, 0.2) is 4.90 Å². The van der Waals surface area contributed by atoms with Crippen molar-refractivity contribution in [2.24, 2.45) is 0 Å². The molecule has 0 bridgehead atoms. The van der Waals surface area contributed by atoms with E-state index in [1.54, 1.807) is 31.5 Å². The number of unbranched alkanes of at least 4 members (excludes halogenated alkanes) is 1. The molecule has 0 aliphatic carbocycles. The Bertz CT molecular complexity index is 1650. The molecule has 2 aromatic carbocycles. The second-order valence-corrected chi connectivity index (χ2v) is 11.2. The maximum absolute atomic E-state index is 14.1. The van der Waals surface area contributed by atoms with E-state index in [0.29, 0.717) is 6.42 Å². The van der Waals surface area contributed by atoms with E-state index < -0.39 is 43.8 Å². The van der Waals surface area contributed by atoms with Crippen LogP contribution >= 0.6 is 0 Å². The molecular formula is C29H29F2N3O4S. The van der Waals surface area contributed by atoms with Gasteiger partial charge in [-0.1, -0.05) is 32.4 Å². The van der Waals surface area contributed by atoms with Crippen molar-refractivity contribution in [2.75, 3.05) is 0 Å². The van der Waals surface area contributed by atoms with Crippen molar-refractivity contribution in [3.63, 3.8) is 0 Å². The molecule has 1 N–H and O–H groups in total. The van der Waals surface area contributed by atoms with Crippen LogP contribution in [-0.4, -0.2) is 28.1 Å². The molecule has 0 unspecified atom stereocenters. The van der Waals surface area contributed by atoms with Crippen molar-refractivity contribution in [3.05, 3.63) is 99.9 Å². The van der Waals surface area contributed by atoms with Crippen molar-refractivity contribution in [1.82, 2.24) is 14.5 Å². The molecule has 0 saturated heterocycles. The van der Waals surface area contributed by atoms with Crippen molar-refractivity contribution in [2.45, 2.75) is 62.3 Å². The quantitative estimate of drug-likeness (QED) is 0.282. The van der Waals surface area contributed by atoms with Crippen molar-refractivity contribution < 1.29 is 22.3 Å². The molecule has 39 heavy (non-hydrogen) atoms. The van der Waals surface area contributed by atoms with Gasteiger partial charge < -0.3 is 5.11 Å².